The Morgan fingerprint density at radius 1 is 0.962 bits per heavy atom. The molecule has 3 rings (SSSR count). The molecule has 1 aromatic rings. The van der Waals surface area contributed by atoms with Crippen molar-refractivity contribution < 1.29 is 18.7 Å². The number of morpholine rings is 1. The lowest BCUT2D eigenvalue weighted by molar-refractivity contribution is -0.134. The van der Waals surface area contributed by atoms with Gasteiger partial charge in [-0.25, -0.2) is 4.39 Å². The summed E-state index contributed by atoms with van der Waals surface area (Å²) in [5.74, 6) is -0.987. The molecule has 2 aliphatic heterocycles. The average Bonchev–Trinajstić information content (AvgIpc) is 2.65. The van der Waals surface area contributed by atoms with E-state index < -0.39 is 5.82 Å². The quantitative estimate of drug-likeness (QED) is 0.721. The zero-order valence-corrected chi connectivity index (χ0v) is 15.7. The maximum Gasteiger partial charge on any atom is 0.255 e. The first-order chi connectivity index (χ1) is 12.5. The Kier molecular flexibility index (Phi) is 6.34. The highest BCUT2D eigenvalue weighted by molar-refractivity contribution is 6.36. The Labute approximate surface area is 161 Å². The molecule has 0 saturated carbocycles. The van der Waals surface area contributed by atoms with Gasteiger partial charge in [-0.15, -0.1) is 0 Å². The fraction of sp³-hybridized carbons (Fsp3) is 0.529. The number of carbonyl (C=O) groups excluding carboxylic acids is 2. The van der Waals surface area contributed by atoms with Gasteiger partial charge in [-0.2, -0.15) is 0 Å². The molecule has 0 N–H and O–H groups in total. The summed E-state index contributed by atoms with van der Waals surface area (Å²) in [5.41, 5.74) is 0.0849. The lowest BCUT2D eigenvalue weighted by Crippen LogP contribution is -2.53. The zero-order valence-electron chi connectivity index (χ0n) is 14.2. The summed E-state index contributed by atoms with van der Waals surface area (Å²) in [6, 6.07) is 2.29. The van der Waals surface area contributed by atoms with E-state index >= 15 is 0 Å². The highest BCUT2D eigenvalue weighted by Gasteiger charge is 2.27. The van der Waals surface area contributed by atoms with Crippen LogP contribution < -0.4 is 0 Å². The Hall–Kier alpha value is -1.41. The Morgan fingerprint density at radius 2 is 1.58 bits per heavy atom. The highest BCUT2D eigenvalue weighted by atomic mass is 35.5. The molecule has 0 aliphatic carbocycles. The van der Waals surface area contributed by atoms with Crippen molar-refractivity contribution in [3.05, 3.63) is 33.6 Å². The van der Waals surface area contributed by atoms with E-state index in [2.05, 4.69) is 4.90 Å². The lowest BCUT2D eigenvalue weighted by Gasteiger charge is -2.36. The van der Waals surface area contributed by atoms with Crippen LogP contribution in [0.15, 0.2) is 12.1 Å². The van der Waals surface area contributed by atoms with Crippen LogP contribution in [0.1, 0.15) is 10.4 Å². The molecule has 2 aliphatic rings. The van der Waals surface area contributed by atoms with E-state index in [1.807, 2.05) is 0 Å². The van der Waals surface area contributed by atoms with Crippen molar-refractivity contribution in [2.75, 3.05) is 59.0 Å². The second kappa shape index (κ2) is 8.52. The number of halogens is 3. The second-order valence-corrected chi connectivity index (χ2v) is 7.12. The largest absolute Gasteiger partial charge is 0.379 e. The van der Waals surface area contributed by atoms with Crippen molar-refractivity contribution in [1.29, 1.82) is 0 Å². The number of hydrogen-bond acceptors (Lipinski definition) is 4. The first-order valence-electron chi connectivity index (χ1n) is 8.47. The lowest BCUT2D eigenvalue weighted by atomic mass is 10.1. The van der Waals surface area contributed by atoms with Crippen LogP contribution in [0.5, 0.6) is 0 Å². The number of ether oxygens (including phenoxy) is 1. The summed E-state index contributed by atoms with van der Waals surface area (Å²) in [7, 11) is 0. The van der Waals surface area contributed by atoms with Crippen LogP contribution in [0, 0.1) is 5.82 Å². The molecule has 2 amide bonds. The summed E-state index contributed by atoms with van der Waals surface area (Å²) in [6.45, 7) is 4.83. The van der Waals surface area contributed by atoms with Crippen LogP contribution in [-0.4, -0.2) is 85.5 Å². The first kappa shape index (κ1) is 19.4. The van der Waals surface area contributed by atoms with E-state index in [-0.39, 0.29) is 27.4 Å². The molecule has 2 fully saturated rings. The van der Waals surface area contributed by atoms with Gasteiger partial charge >= 0.3 is 0 Å². The van der Waals surface area contributed by atoms with E-state index in [1.54, 1.807) is 9.80 Å². The normalized spacial score (nSPS) is 18.9. The number of amides is 2. The molecule has 26 heavy (non-hydrogen) atoms. The molecule has 0 aromatic heterocycles. The van der Waals surface area contributed by atoms with E-state index in [9.17, 15) is 14.0 Å². The van der Waals surface area contributed by atoms with Crippen molar-refractivity contribution in [2.24, 2.45) is 0 Å². The van der Waals surface area contributed by atoms with Gasteiger partial charge in [0, 0.05) is 39.3 Å². The van der Waals surface area contributed by atoms with Crippen molar-refractivity contribution in [3.63, 3.8) is 0 Å². The minimum atomic E-state index is -0.682. The van der Waals surface area contributed by atoms with E-state index in [0.29, 0.717) is 45.9 Å². The maximum absolute atomic E-state index is 13.6. The molecular weight excluding hydrogens is 384 g/mol. The van der Waals surface area contributed by atoms with Gasteiger partial charge in [0.2, 0.25) is 5.91 Å². The van der Waals surface area contributed by atoms with Gasteiger partial charge in [0.05, 0.1) is 35.4 Å². The van der Waals surface area contributed by atoms with E-state index in [0.717, 1.165) is 19.2 Å². The van der Waals surface area contributed by atoms with Crippen molar-refractivity contribution in [2.45, 2.75) is 0 Å². The second-order valence-electron chi connectivity index (χ2n) is 6.31. The van der Waals surface area contributed by atoms with Crippen molar-refractivity contribution >= 4 is 35.0 Å². The topological polar surface area (TPSA) is 53.1 Å². The molecule has 0 spiro atoms. The van der Waals surface area contributed by atoms with Gasteiger partial charge in [0.1, 0.15) is 5.82 Å². The van der Waals surface area contributed by atoms with Gasteiger partial charge in [-0.3, -0.25) is 14.5 Å². The number of rotatable bonds is 3. The predicted molar refractivity (Wildman–Crippen MR) is 96.2 cm³/mol. The molecule has 0 radical (unpaired) electrons. The van der Waals surface area contributed by atoms with Crippen molar-refractivity contribution in [1.82, 2.24) is 14.7 Å². The van der Waals surface area contributed by atoms with Gasteiger partial charge in [-0.1, -0.05) is 23.2 Å². The maximum atomic E-state index is 13.6. The predicted octanol–water partition coefficient (Wildman–Crippen LogP) is 1.75. The summed E-state index contributed by atoms with van der Waals surface area (Å²) in [6.07, 6.45) is 0. The van der Waals surface area contributed by atoms with Crippen LogP contribution in [0.2, 0.25) is 10.0 Å². The SMILES string of the molecule is O=C(CN1CCOCC1)N1CCN(C(=O)c2cc(F)c(Cl)cc2Cl)CC1. The van der Waals surface area contributed by atoms with Gasteiger partial charge in [-0.05, 0) is 12.1 Å². The highest BCUT2D eigenvalue weighted by Crippen LogP contribution is 2.25. The standard InChI is InChI=1S/C17H20Cl2FN3O3/c18-13-10-14(19)15(20)9-12(13)17(25)23-3-1-22(2-4-23)16(24)11-21-5-7-26-8-6-21/h9-10H,1-8,11H2. The number of carbonyl (C=O) groups is 2. The fourth-order valence-corrected chi connectivity index (χ4v) is 3.53. The molecule has 6 nitrogen and oxygen atoms in total. The summed E-state index contributed by atoms with van der Waals surface area (Å²) in [4.78, 5) is 30.4. The number of hydrogen-bond donors (Lipinski definition) is 0. The van der Waals surface area contributed by atoms with Gasteiger partial charge in [0.25, 0.3) is 5.91 Å². The van der Waals surface area contributed by atoms with Crippen LogP contribution in [0.25, 0.3) is 0 Å². The number of benzene rings is 1. The van der Waals surface area contributed by atoms with Gasteiger partial charge in [0.15, 0.2) is 0 Å². The smallest absolute Gasteiger partial charge is 0.255 e. The Balaban J connectivity index is 1.55. The van der Waals surface area contributed by atoms with E-state index in [4.69, 9.17) is 27.9 Å². The third-order valence-corrected chi connectivity index (χ3v) is 5.22. The average molecular weight is 404 g/mol. The third-order valence-electron chi connectivity index (χ3n) is 4.62. The number of nitrogens with zero attached hydrogens (tertiary/aromatic N) is 3. The summed E-state index contributed by atoms with van der Waals surface area (Å²) < 4.78 is 18.9. The van der Waals surface area contributed by atoms with Crippen LogP contribution in [0.4, 0.5) is 4.39 Å². The fourth-order valence-electron chi connectivity index (χ4n) is 3.07. The first-order valence-corrected chi connectivity index (χ1v) is 9.23. The van der Waals surface area contributed by atoms with Crippen molar-refractivity contribution in [3.8, 4) is 0 Å². The monoisotopic (exact) mass is 403 g/mol. The third kappa shape index (κ3) is 4.46. The molecule has 0 bridgehead atoms. The van der Waals surface area contributed by atoms with E-state index in [1.165, 1.54) is 6.07 Å². The van der Waals surface area contributed by atoms with Gasteiger partial charge < -0.3 is 14.5 Å². The summed E-state index contributed by atoms with van der Waals surface area (Å²) >= 11 is 11.7. The molecule has 1 aromatic carbocycles. The molecule has 0 atom stereocenters. The summed E-state index contributed by atoms with van der Waals surface area (Å²) in [5, 5.41) is -0.00250. The van der Waals surface area contributed by atoms with Crippen LogP contribution >= 0.6 is 23.2 Å². The molecule has 9 heteroatoms. The molecular formula is C17H20Cl2FN3O3. The number of piperazine rings is 1. The molecule has 0 unspecified atom stereocenters. The minimum Gasteiger partial charge on any atom is -0.379 e. The zero-order chi connectivity index (χ0) is 18.7. The Bertz CT molecular complexity index is 690. The molecule has 2 saturated heterocycles. The molecule has 142 valence electrons. The molecule has 2 heterocycles. The Morgan fingerprint density at radius 3 is 2.23 bits per heavy atom. The van der Waals surface area contributed by atoms with Crippen LogP contribution in [-0.2, 0) is 9.53 Å². The van der Waals surface area contributed by atoms with Crippen LogP contribution in [0.3, 0.4) is 0 Å². The minimum absolute atomic E-state index is 0.0505.